The second kappa shape index (κ2) is 27.8. The molecular formula is C70H69N23OS4. The Labute approximate surface area is 579 Å². The van der Waals surface area contributed by atoms with Crippen molar-refractivity contribution in [3.8, 4) is 0 Å². The van der Waals surface area contributed by atoms with E-state index in [-0.39, 0.29) is 17.6 Å². The quantitative estimate of drug-likeness (QED) is 0.0431. The third kappa shape index (κ3) is 14.5. The maximum Gasteiger partial charge on any atom is 0.233 e. The summed E-state index contributed by atoms with van der Waals surface area (Å²) in [6.07, 6.45) is 11.7. The normalized spacial score (nSPS) is 14.9. The van der Waals surface area contributed by atoms with Crippen LogP contribution in [0.1, 0.15) is 59.7 Å². The molecule has 2 aliphatic heterocycles. The van der Waals surface area contributed by atoms with Gasteiger partial charge in [-0.25, -0.2) is 19.9 Å². The molecule has 2 unspecified atom stereocenters. The highest BCUT2D eigenvalue weighted by molar-refractivity contribution is 7.98. The van der Waals surface area contributed by atoms with Crippen LogP contribution in [0.2, 0.25) is 0 Å². The fourth-order valence-corrected chi connectivity index (χ4v) is 14.4. The molecule has 5 aromatic carbocycles. The van der Waals surface area contributed by atoms with E-state index < -0.39 is 0 Å². The lowest BCUT2D eigenvalue weighted by Crippen LogP contribution is -2.45. The number of anilines is 14. The lowest BCUT2D eigenvalue weighted by atomic mass is 9.96. The van der Waals surface area contributed by atoms with Crippen LogP contribution in [-0.2, 0) is 10.2 Å². The van der Waals surface area contributed by atoms with Crippen molar-refractivity contribution in [3.63, 3.8) is 0 Å². The highest BCUT2D eigenvalue weighted by Crippen LogP contribution is 2.36. The van der Waals surface area contributed by atoms with Crippen LogP contribution < -0.4 is 41.7 Å². The Kier molecular flexibility index (Phi) is 18.0. The molecule has 0 saturated carbocycles. The van der Waals surface area contributed by atoms with Gasteiger partial charge in [-0.05, 0) is 177 Å². The smallest absolute Gasteiger partial charge is 0.233 e. The summed E-state index contributed by atoms with van der Waals surface area (Å²) < 4.78 is 8.88. The molecule has 2 aliphatic rings. The number of hydrogen-bond donors (Lipinski definition) is 9. The van der Waals surface area contributed by atoms with Crippen molar-refractivity contribution >= 4 is 190 Å². The summed E-state index contributed by atoms with van der Waals surface area (Å²) in [5.74, 6) is 4.97. The van der Waals surface area contributed by atoms with Gasteiger partial charge in [-0.3, -0.25) is 20.6 Å². The third-order valence-electron chi connectivity index (χ3n) is 16.5. The Balaban J connectivity index is 0.000000120. The molecule has 2 atom stereocenters. The van der Waals surface area contributed by atoms with E-state index in [1.165, 1.54) is 42.4 Å². The van der Waals surface area contributed by atoms with Crippen molar-refractivity contribution in [1.82, 2.24) is 75.4 Å². The van der Waals surface area contributed by atoms with Gasteiger partial charge in [0.25, 0.3) is 0 Å². The Bertz CT molecular complexity index is 5260. The van der Waals surface area contributed by atoms with E-state index in [0.717, 1.165) is 130 Å². The first-order valence-electron chi connectivity index (χ1n) is 32.1. The number of rotatable bonds is 15. The van der Waals surface area contributed by atoms with E-state index in [0.29, 0.717) is 40.6 Å². The summed E-state index contributed by atoms with van der Waals surface area (Å²) in [4.78, 5) is 46.8. The number of H-pyrrole nitrogens is 3. The molecule has 24 nitrogen and oxygen atoms in total. The second-order valence-electron chi connectivity index (χ2n) is 24.9. The van der Waals surface area contributed by atoms with E-state index >= 15 is 0 Å². The minimum absolute atomic E-state index is 0.208. The van der Waals surface area contributed by atoms with Crippen LogP contribution in [0, 0.1) is 0 Å². The number of benzene rings is 5. The fourth-order valence-electron chi connectivity index (χ4n) is 11.7. The Morgan fingerprint density at radius 3 is 1.26 bits per heavy atom. The zero-order valence-electron chi connectivity index (χ0n) is 54.4. The topological polar surface area (TPSA) is 290 Å². The number of hydrogen-bond acceptors (Lipinski definition) is 25. The van der Waals surface area contributed by atoms with Crippen LogP contribution >= 0.6 is 45.8 Å². The summed E-state index contributed by atoms with van der Waals surface area (Å²) in [6, 6.07) is 41.2. The van der Waals surface area contributed by atoms with Gasteiger partial charge in [0, 0.05) is 87.6 Å². The van der Waals surface area contributed by atoms with Gasteiger partial charge < -0.3 is 41.1 Å². The number of aromatic amines is 3. The molecule has 2 saturated heterocycles. The Hall–Kier alpha value is -10.7. The molecule has 15 aromatic rings. The van der Waals surface area contributed by atoms with Crippen molar-refractivity contribution in [1.29, 1.82) is 0 Å². The summed E-state index contributed by atoms with van der Waals surface area (Å²) in [7, 11) is 0. The molecule has 0 aliphatic carbocycles. The lowest BCUT2D eigenvalue weighted by Gasteiger charge is -2.36. The van der Waals surface area contributed by atoms with E-state index in [9.17, 15) is 0 Å². The first-order valence-corrected chi connectivity index (χ1v) is 36.0. The minimum atomic E-state index is -0.208. The molecule has 0 bridgehead atoms. The minimum Gasteiger partial charge on any atom is -0.372 e. The zero-order chi connectivity index (χ0) is 66.7. The first-order chi connectivity index (χ1) is 47.8. The highest BCUT2D eigenvalue weighted by atomic mass is 32.2. The van der Waals surface area contributed by atoms with Crippen LogP contribution in [0.3, 0.4) is 0 Å². The molecule has 0 spiro atoms. The van der Waals surface area contributed by atoms with E-state index in [1.54, 1.807) is 40.2 Å². The first kappa shape index (κ1) is 63.4. The van der Waals surface area contributed by atoms with Crippen molar-refractivity contribution < 1.29 is 4.74 Å². The van der Waals surface area contributed by atoms with E-state index in [2.05, 4.69) is 188 Å². The fraction of sp³-hybridized carbons (Fsp3) is 0.229. The molecule has 28 heteroatoms. The molecule has 494 valence electrons. The van der Waals surface area contributed by atoms with Crippen LogP contribution in [0.15, 0.2) is 161 Å². The molecule has 10 aromatic heterocycles. The van der Waals surface area contributed by atoms with Crippen LogP contribution in [0.4, 0.5) is 81.1 Å². The van der Waals surface area contributed by atoms with Gasteiger partial charge in [-0.15, -0.1) is 34.0 Å². The number of nitrogens with one attached hydrogen (secondary N) is 9. The van der Waals surface area contributed by atoms with Crippen molar-refractivity contribution in [3.05, 3.63) is 162 Å². The van der Waals surface area contributed by atoms with Crippen molar-refractivity contribution in [2.24, 2.45) is 0 Å². The molecule has 98 heavy (non-hydrogen) atoms. The number of morpholine rings is 1. The number of ether oxygens (including phenoxy) is 1. The molecule has 17 rings (SSSR count). The highest BCUT2D eigenvalue weighted by Gasteiger charge is 2.24. The zero-order valence-corrected chi connectivity index (χ0v) is 57.7. The maximum atomic E-state index is 5.86. The molecule has 9 N–H and O–H groups in total. The van der Waals surface area contributed by atoms with Gasteiger partial charge >= 0.3 is 0 Å². The van der Waals surface area contributed by atoms with Crippen molar-refractivity contribution in [2.45, 2.75) is 76.7 Å². The van der Waals surface area contributed by atoms with Gasteiger partial charge in [0.1, 0.15) is 5.82 Å². The van der Waals surface area contributed by atoms with Gasteiger partial charge in [0.15, 0.2) is 22.6 Å². The average Bonchev–Trinajstić information content (AvgIpc) is 1.69. The number of piperidine rings is 1. The largest absolute Gasteiger partial charge is 0.372 e. The van der Waals surface area contributed by atoms with E-state index in [4.69, 9.17) is 29.7 Å². The van der Waals surface area contributed by atoms with Crippen LogP contribution in [-0.4, -0.2) is 120 Å². The SMILES string of the molecule is CC1CN(c2ccc(Nc3nc(Nc4ccc5[nH]ncc5c4)c4sccc4n3)cc2)CC(C)O1.CSc1nc(Nc2nc(Nc3ccc4[nH]ncc4c3)c3sccc3n2)nc(C(C)(C)C)n1.c1cc2nc(Nc3ccc(N4CCCCC4)cc3)nc(Nc3ccc4[nH]ncc4c3)c2s1. The molecule has 0 radical (unpaired) electrons. The summed E-state index contributed by atoms with van der Waals surface area (Å²) >= 11 is 6.31. The van der Waals surface area contributed by atoms with Gasteiger partial charge in [0.05, 0.1) is 78.0 Å². The summed E-state index contributed by atoms with van der Waals surface area (Å²) in [5, 5.41) is 51.3. The maximum absolute atomic E-state index is 5.86. The Morgan fingerprint density at radius 2 is 0.837 bits per heavy atom. The summed E-state index contributed by atoms with van der Waals surface area (Å²) in [5.41, 5.74) is 12.7. The van der Waals surface area contributed by atoms with Crippen molar-refractivity contribution in [2.75, 3.05) is 74.1 Å². The molecule has 2 fully saturated rings. The number of fused-ring (bicyclic) bond motifs is 6. The van der Waals surface area contributed by atoms with Crippen LogP contribution in [0.5, 0.6) is 0 Å². The summed E-state index contributed by atoms with van der Waals surface area (Å²) in [6.45, 7) is 14.5. The van der Waals surface area contributed by atoms with Gasteiger partial charge in [-0.1, -0.05) is 32.5 Å². The second-order valence-corrected chi connectivity index (χ2v) is 28.4. The third-order valence-corrected chi connectivity index (χ3v) is 19.7. The monoisotopic (exact) mass is 1380 g/mol. The standard InChI is InChI=1S/C25H25N7OS.C24H23N7S.C21H21N9S2/c1-15-13-32(14-16(2)33-15)20-6-3-18(4-7-20)28-25-29-22-9-10-34-23(22)24(30-25)27-19-5-8-21-17(11-19)12-26-31-21;1-2-11-31(12-3-1)19-7-4-17(5-8-19)27-24-28-21-10-13-32-22(21)23(29-24)26-18-6-9-20-16(14-18)15-25-30-20;1-21(2,3)17-26-19(29-20(27-17)31-4)28-18-24-14-7-8-32-15(14)16(25-18)23-12-5-6-13-11(9-12)10-22-30-13/h3-12,15-16H,13-14H2,1-2H3,(H,26,31)(H2,27,28,29,30);4-10,13-15H,1-3,11-12H2,(H,25,30)(H2,26,27,28,29);5-10H,1-4H3,(H,22,30)(H2,23,24,25,26,27,28,29). The van der Waals surface area contributed by atoms with Crippen LogP contribution in [0.25, 0.3) is 63.4 Å². The number of aromatic nitrogens is 15. The predicted molar refractivity (Wildman–Crippen MR) is 402 cm³/mol. The average molecular weight is 1380 g/mol. The van der Waals surface area contributed by atoms with Gasteiger partial charge in [-0.2, -0.15) is 40.2 Å². The predicted octanol–water partition coefficient (Wildman–Crippen LogP) is 17.0. The molecule has 0 amide bonds. The molecular weight excluding hydrogens is 1310 g/mol. The number of thiophene rings is 3. The number of nitrogens with zero attached hydrogens (tertiary/aromatic N) is 14. The van der Waals surface area contributed by atoms with E-state index in [1.807, 2.05) is 95.5 Å². The lowest BCUT2D eigenvalue weighted by molar-refractivity contribution is -0.00521. The van der Waals surface area contributed by atoms with Gasteiger partial charge in [0.2, 0.25) is 23.8 Å². The molecule has 12 heterocycles. The Morgan fingerprint density at radius 1 is 0.439 bits per heavy atom. The number of thioether (sulfide) groups is 1.